The first-order valence-electron chi connectivity index (χ1n) is 9.83. The van der Waals surface area contributed by atoms with Gasteiger partial charge < -0.3 is 14.8 Å². The van der Waals surface area contributed by atoms with E-state index in [9.17, 15) is 9.59 Å². The molecule has 0 saturated carbocycles. The highest BCUT2D eigenvalue weighted by Gasteiger charge is 2.39. The van der Waals surface area contributed by atoms with Gasteiger partial charge in [0.1, 0.15) is 17.2 Å². The first kappa shape index (κ1) is 21.7. The van der Waals surface area contributed by atoms with Gasteiger partial charge in [-0.3, -0.25) is 14.5 Å². The van der Waals surface area contributed by atoms with Gasteiger partial charge in [-0.2, -0.15) is 0 Å². The van der Waals surface area contributed by atoms with Crippen LogP contribution in [0, 0.1) is 0 Å². The van der Waals surface area contributed by atoms with Crippen molar-refractivity contribution in [2.75, 3.05) is 19.0 Å². The predicted molar refractivity (Wildman–Crippen MR) is 118 cm³/mol. The number of anilines is 1. The molecule has 0 fully saturated rings. The second kappa shape index (κ2) is 9.22. The molecule has 0 aromatic heterocycles. The monoisotopic (exact) mass is 428 g/mol. The molecule has 3 rings (SSSR count). The Bertz CT molecular complexity index is 983. The predicted octanol–water partition coefficient (Wildman–Crippen LogP) is 4.74. The fourth-order valence-corrected chi connectivity index (χ4v) is 3.44. The van der Waals surface area contributed by atoms with Crippen LogP contribution in [0.3, 0.4) is 0 Å². The van der Waals surface area contributed by atoms with Crippen LogP contribution in [0.5, 0.6) is 11.5 Å². The quantitative estimate of drug-likeness (QED) is 0.615. The molecule has 0 spiro atoms. The topological polar surface area (TPSA) is 67.9 Å². The third-order valence-electron chi connectivity index (χ3n) is 4.55. The molecule has 1 N–H and O–H groups in total. The van der Waals surface area contributed by atoms with Crippen LogP contribution in [0.4, 0.5) is 5.69 Å². The Hall–Kier alpha value is -2.99. The third-order valence-corrected chi connectivity index (χ3v) is 4.79. The normalized spacial score (nSPS) is 14.0. The maximum absolute atomic E-state index is 13.1. The van der Waals surface area contributed by atoms with Crippen molar-refractivity contribution >= 4 is 34.7 Å². The first-order chi connectivity index (χ1) is 14.3. The van der Waals surface area contributed by atoms with Crippen molar-refractivity contribution in [3.63, 3.8) is 0 Å². The van der Waals surface area contributed by atoms with Crippen molar-refractivity contribution in [3.05, 3.63) is 58.7 Å². The molecular weight excluding hydrogens is 404 g/mol. The number of carbonyl (C=O) groups is 2. The number of halogens is 1. The molecule has 0 unspecified atom stereocenters. The standard InChI is InChI=1S/C23H25ClN2O4/c1-5-12-26-22(27)20(15-6-9-17(10-7-15)30-14(2)3)21(23(26)28)25-18-13-16(24)8-11-19(18)29-4/h6-11,13-14,25H,5,12H2,1-4H3. The Kier molecular flexibility index (Phi) is 6.67. The SMILES string of the molecule is CCCN1C(=O)C(Nc2cc(Cl)ccc2OC)=C(c2ccc(OC(C)C)cc2)C1=O. The summed E-state index contributed by atoms with van der Waals surface area (Å²) in [7, 11) is 1.53. The lowest BCUT2D eigenvalue weighted by Crippen LogP contribution is -2.33. The van der Waals surface area contributed by atoms with E-state index in [1.807, 2.05) is 20.8 Å². The van der Waals surface area contributed by atoms with Gasteiger partial charge in [-0.25, -0.2) is 0 Å². The summed E-state index contributed by atoms with van der Waals surface area (Å²) in [5.41, 5.74) is 1.65. The highest BCUT2D eigenvalue weighted by Crippen LogP contribution is 2.35. The van der Waals surface area contributed by atoms with Crippen LogP contribution < -0.4 is 14.8 Å². The Labute approximate surface area is 181 Å². The number of benzene rings is 2. The number of hydrogen-bond acceptors (Lipinski definition) is 5. The zero-order valence-electron chi connectivity index (χ0n) is 17.5. The molecule has 30 heavy (non-hydrogen) atoms. The number of nitrogens with zero attached hydrogens (tertiary/aromatic N) is 1. The number of ether oxygens (including phenoxy) is 2. The summed E-state index contributed by atoms with van der Waals surface area (Å²) >= 11 is 6.13. The van der Waals surface area contributed by atoms with Crippen molar-refractivity contribution in [3.8, 4) is 11.5 Å². The van der Waals surface area contributed by atoms with Crippen LogP contribution in [-0.2, 0) is 9.59 Å². The Morgan fingerprint density at radius 3 is 2.37 bits per heavy atom. The summed E-state index contributed by atoms with van der Waals surface area (Å²) in [5.74, 6) is 0.507. The van der Waals surface area contributed by atoms with E-state index >= 15 is 0 Å². The van der Waals surface area contributed by atoms with Crippen LogP contribution in [0.2, 0.25) is 5.02 Å². The molecule has 6 nitrogen and oxygen atoms in total. The highest BCUT2D eigenvalue weighted by molar-refractivity contribution is 6.36. The molecule has 7 heteroatoms. The lowest BCUT2D eigenvalue weighted by atomic mass is 10.0. The molecule has 2 aromatic rings. The highest BCUT2D eigenvalue weighted by atomic mass is 35.5. The minimum absolute atomic E-state index is 0.0392. The Balaban J connectivity index is 2.06. The number of nitrogens with one attached hydrogen (secondary N) is 1. The molecule has 0 radical (unpaired) electrons. The number of carbonyl (C=O) groups excluding carboxylic acids is 2. The van der Waals surface area contributed by atoms with E-state index in [0.29, 0.717) is 46.3 Å². The lowest BCUT2D eigenvalue weighted by molar-refractivity contribution is -0.136. The van der Waals surface area contributed by atoms with Gasteiger partial charge >= 0.3 is 0 Å². The van der Waals surface area contributed by atoms with Gasteiger partial charge in [0.25, 0.3) is 11.8 Å². The van der Waals surface area contributed by atoms with Gasteiger partial charge in [-0.15, -0.1) is 0 Å². The molecule has 158 valence electrons. The molecular formula is C23H25ClN2O4. The van der Waals surface area contributed by atoms with Crippen molar-refractivity contribution in [2.24, 2.45) is 0 Å². The second-order valence-corrected chi connectivity index (χ2v) is 7.61. The molecule has 1 heterocycles. The van der Waals surface area contributed by atoms with E-state index < -0.39 is 0 Å². The van der Waals surface area contributed by atoms with Crippen LogP contribution in [0.25, 0.3) is 5.57 Å². The average molecular weight is 429 g/mol. The van der Waals surface area contributed by atoms with E-state index in [4.69, 9.17) is 21.1 Å². The summed E-state index contributed by atoms with van der Waals surface area (Å²) in [5, 5.41) is 3.58. The van der Waals surface area contributed by atoms with E-state index in [1.54, 1.807) is 42.5 Å². The summed E-state index contributed by atoms with van der Waals surface area (Å²) in [6.45, 7) is 6.15. The third kappa shape index (κ3) is 4.44. The zero-order valence-corrected chi connectivity index (χ0v) is 18.2. The maximum atomic E-state index is 13.1. The van der Waals surface area contributed by atoms with Gasteiger partial charge in [0.2, 0.25) is 0 Å². The number of rotatable bonds is 8. The molecule has 0 atom stereocenters. The van der Waals surface area contributed by atoms with Gasteiger partial charge in [0.05, 0.1) is 24.5 Å². The minimum Gasteiger partial charge on any atom is -0.495 e. The van der Waals surface area contributed by atoms with Crippen molar-refractivity contribution in [1.29, 1.82) is 0 Å². The molecule has 1 aliphatic rings. The molecule has 1 aliphatic heterocycles. The van der Waals surface area contributed by atoms with Crippen molar-refractivity contribution < 1.29 is 19.1 Å². The van der Waals surface area contributed by atoms with Gasteiger partial charge in [-0.05, 0) is 56.2 Å². The van der Waals surface area contributed by atoms with Gasteiger partial charge in [0, 0.05) is 11.6 Å². The maximum Gasteiger partial charge on any atom is 0.278 e. The first-order valence-corrected chi connectivity index (χ1v) is 10.2. The average Bonchev–Trinajstić information content (AvgIpc) is 2.93. The molecule has 0 aliphatic carbocycles. The minimum atomic E-state index is -0.374. The summed E-state index contributed by atoms with van der Waals surface area (Å²) < 4.78 is 11.1. The Morgan fingerprint density at radius 1 is 1.07 bits per heavy atom. The fraction of sp³-hybridized carbons (Fsp3) is 0.304. The van der Waals surface area contributed by atoms with E-state index in [2.05, 4.69) is 5.32 Å². The smallest absolute Gasteiger partial charge is 0.278 e. The number of methoxy groups -OCH3 is 1. The summed E-state index contributed by atoms with van der Waals surface area (Å²) in [4.78, 5) is 27.4. The summed E-state index contributed by atoms with van der Waals surface area (Å²) in [6.07, 6.45) is 0.706. The van der Waals surface area contributed by atoms with E-state index in [0.717, 1.165) is 0 Å². The second-order valence-electron chi connectivity index (χ2n) is 7.17. The van der Waals surface area contributed by atoms with Crippen LogP contribution in [-0.4, -0.2) is 36.5 Å². The van der Waals surface area contributed by atoms with Crippen LogP contribution >= 0.6 is 11.6 Å². The van der Waals surface area contributed by atoms with Crippen LogP contribution in [0.15, 0.2) is 48.2 Å². The molecule has 0 saturated heterocycles. The largest absolute Gasteiger partial charge is 0.495 e. The van der Waals surface area contributed by atoms with Crippen molar-refractivity contribution in [2.45, 2.75) is 33.3 Å². The van der Waals surface area contributed by atoms with Gasteiger partial charge in [0.15, 0.2) is 0 Å². The number of hydrogen-bond donors (Lipinski definition) is 1. The fourth-order valence-electron chi connectivity index (χ4n) is 3.27. The van der Waals surface area contributed by atoms with E-state index in [1.165, 1.54) is 12.0 Å². The summed E-state index contributed by atoms with van der Waals surface area (Å²) in [6, 6.07) is 12.2. The van der Waals surface area contributed by atoms with E-state index in [-0.39, 0.29) is 23.6 Å². The van der Waals surface area contributed by atoms with Gasteiger partial charge in [-0.1, -0.05) is 30.7 Å². The number of amides is 2. The molecule has 0 bridgehead atoms. The zero-order chi connectivity index (χ0) is 21.8. The number of imide groups is 1. The Morgan fingerprint density at radius 2 is 1.77 bits per heavy atom. The van der Waals surface area contributed by atoms with Crippen LogP contribution in [0.1, 0.15) is 32.8 Å². The lowest BCUT2D eigenvalue weighted by Gasteiger charge is -2.15. The molecule has 2 amide bonds. The van der Waals surface area contributed by atoms with Crippen molar-refractivity contribution in [1.82, 2.24) is 4.90 Å². The molecule has 2 aromatic carbocycles.